The van der Waals surface area contributed by atoms with Crippen LogP contribution in [-0.2, 0) is 25.3 Å². The summed E-state index contributed by atoms with van der Waals surface area (Å²) >= 11 is 0. The SMILES string of the molecule is O=C1N=NC(Cc2ccc(F)c(P3(=O)CCN(C(=O)C4CCCO4)CC3)c2)=C2C=CC=CC12. The summed E-state index contributed by atoms with van der Waals surface area (Å²) in [5.74, 6) is -1.28. The summed E-state index contributed by atoms with van der Waals surface area (Å²) in [5, 5.41) is 8.08. The Bertz CT molecular complexity index is 1150. The van der Waals surface area contributed by atoms with Crippen molar-refractivity contribution in [3.8, 4) is 0 Å². The second kappa shape index (κ2) is 8.92. The Kier molecular flexibility index (Phi) is 5.97. The van der Waals surface area contributed by atoms with Crippen molar-refractivity contribution < 1.29 is 23.3 Å². The number of fused-ring (bicyclic) bond motifs is 1. The average Bonchev–Trinajstić information content (AvgIpc) is 3.37. The van der Waals surface area contributed by atoms with Gasteiger partial charge in [0, 0.05) is 43.7 Å². The van der Waals surface area contributed by atoms with Crippen molar-refractivity contribution in [3.63, 3.8) is 0 Å². The van der Waals surface area contributed by atoms with E-state index in [-0.39, 0.29) is 29.4 Å². The van der Waals surface area contributed by atoms with E-state index >= 15 is 0 Å². The zero-order valence-electron chi connectivity index (χ0n) is 18.2. The van der Waals surface area contributed by atoms with Crippen molar-refractivity contribution in [2.45, 2.75) is 25.4 Å². The van der Waals surface area contributed by atoms with Crippen LogP contribution >= 0.6 is 7.14 Å². The molecule has 9 heteroatoms. The van der Waals surface area contributed by atoms with Gasteiger partial charge in [0.1, 0.15) is 19.1 Å². The van der Waals surface area contributed by atoms with Gasteiger partial charge >= 0.3 is 0 Å². The first-order chi connectivity index (χ1) is 15.9. The van der Waals surface area contributed by atoms with Gasteiger partial charge in [0.25, 0.3) is 11.8 Å². The Morgan fingerprint density at radius 1 is 1.21 bits per heavy atom. The number of allylic oxidation sites excluding steroid dienone is 4. The standard InChI is InChI=1S/C24H25FN3O4P/c25-19-8-7-16(14-20-17-4-1-2-5-18(17)23(29)27-26-20)15-22(19)33(31)12-9-28(10-13-33)24(30)21-6-3-11-32-21/h1-2,4-5,7-8,15,18,21H,3,6,9-14H2. The second-order valence-corrected chi connectivity index (χ2v) is 11.9. The molecule has 2 amide bonds. The van der Waals surface area contributed by atoms with Crippen molar-refractivity contribution in [3.05, 3.63) is 65.2 Å². The van der Waals surface area contributed by atoms with E-state index in [0.29, 0.717) is 31.8 Å². The molecule has 0 bridgehead atoms. The smallest absolute Gasteiger partial charge is 0.275 e. The molecule has 7 nitrogen and oxygen atoms in total. The van der Waals surface area contributed by atoms with E-state index in [1.54, 1.807) is 23.1 Å². The summed E-state index contributed by atoms with van der Waals surface area (Å²) in [5.41, 5.74) is 2.20. The normalized spacial score (nSPS) is 26.1. The van der Waals surface area contributed by atoms with Crippen molar-refractivity contribution in [2.24, 2.45) is 16.1 Å². The number of azo groups is 1. The number of amides is 2. The second-order valence-electron chi connectivity index (χ2n) is 8.79. The average molecular weight is 469 g/mol. The maximum Gasteiger partial charge on any atom is 0.275 e. The molecule has 1 aromatic rings. The topological polar surface area (TPSA) is 88.4 Å². The van der Waals surface area contributed by atoms with Crippen molar-refractivity contribution in [1.82, 2.24) is 4.90 Å². The highest BCUT2D eigenvalue weighted by Crippen LogP contribution is 2.47. The third-order valence-corrected chi connectivity index (χ3v) is 9.76. The Labute approximate surface area is 191 Å². The van der Waals surface area contributed by atoms with Crippen molar-refractivity contribution >= 4 is 24.3 Å². The molecule has 172 valence electrons. The zero-order chi connectivity index (χ0) is 23.0. The van der Waals surface area contributed by atoms with Gasteiger partial charge in [0.05, 0.1) is 11.6 Å². The maximum absolute atomic E-state index is 14.8. The molecule has 2 unspecified atom stereocenters. The van der Waals surface area contributed by atoms with Crippen LogP contribution in [0.4, 0.5) is 4.39 Å². The Hall–Kier alpha value is -2.70. The van der Waals surface area contributed by atoms with Gasteiger partial charge in [0.2, 0.25) is 0 Å². The summed E-state index contributed by atoms with van der Waals surface area (Å²) < 4.78 is 34.0. The van der Waals surface area contributed by atoms with Crippen LogP contribution in [0.5, 0.6) is 0 Å². The maximum atomic E-state index is 14.8. The molecule has 0 N–H and O–H groups in total. The van der Waals surface area contributed by atoms with E-state index in [4.69, 9.17) is 4.74 Å². The number of ether oxygens (including phenoxy) is 1. The predicted molar refractivity (Wildman–Crippen MR) is 121 cm³/mol. The van der Waals surface area contributed by atoms with Crippen LogP contribution in [0.3, 0.4) is 0 Å². The third kappa shape index (κ3) is 4.30. The minimum Gasteiger partial charge on any atom is -0.368 e. The van der Waals surface area contributed by atoms with Gasteiger partial charge in [-0.1, -0.05) is 30.4 Å². The van der Waals surface area contributed by atoms with Gasteiger partial charge in [0.15, 0.2) is 0 Å². The third-order valence-electron chi connectivity index (χ3n) is 6.69. The number of benzene rings is 1. The first-order valence-corrected chi connectivity index (χ1v) is 13.3. The molecule has 2 saturated heterocycles. The van der Waals surface area contributed by atoms with Crippen LogP contribution in [0.15, 0.2) is 64.0 Å². The predicted octanol–water partition coefficient (Wildman–Crippen LogP) is 3.37. The Morgan fingerprint density at radius 3 is 2.79 bits per heavy atom. The molecule has 0 saturated carbocycles. The first-order valence-electron chi connectivity index (χ1n) is 11.3. The highest BCUT2D eigenvalue weighted by Gasteiger charge is 2.37. The molecule has 0 aromatic heterocycles. The Balaban J connectivity index is 1.34. The summed E-state index contributed by atoms with van der Waals surface area (Å²) in [4.78, 5) is 26.3. The number of hydrogen-bond donors (Lipinski definition) is 0. The largest absolute Gasteiger partial charge is 0.368 e. The van der Waals surface area contributed by atoms with Gasteiger partial charge in [-0.05, 0) is 36.1 Å². The quantitative estimate of drug-likeness (QED) is 0.633. The van der Waals surface area contributed by atoms with Crippen LogP contribution in [0.1, 0.15) is 18.4 Å². The van der Waals surface area contributed by atoms with Crippen molar-refractivity contribution in [2.75, 3.05) is 32.0 Å². The Morgan fingerprint density at radius 2 is 2.03 bits per heavy atom. The fourth-order valence-electron chi connectivity index (χ4n) is 4.80. The van der Waals surface area contributed by atoms with E-state index in [1.807, 2.05) is 18.2 Å². The zero-order valence-corrected chi connectivity index (χ0v) is 19.0. The fraction of sp³-hybridized carbons (Fsp3) is 0.417. The fourth-order valence-corrected chi connectivity index (χ4v) is 7.50. The van der Waals surface area contributed by atoms with Gasteiger partial charge in [-0.3, -0.25) is 9.59 Å². The van der Waals surface area contributed by atoms with Crippen LogP contribution in [-0.4, -0.2) is 54.8 Å². The lowest BCUT2D eigenvalue weighted by atomic mass is 9.89. The highest BCUT2D eigenvalue weighted by atomic mass is 31.2. The number of halogens is 1. The summed E-state index contributed by atoms with van der Waals surface area (Å²) in [7, 11) is -2.99. The van der Waals surface area contributed by atoms with Crippen LogP contribution in [0.2, 0.25) is 0 Å². The monoisotopic (exact) mass is 469 g/mol. The number of carbonyl (C=O) groups is 2. The van der Waals surface area contributed by atoms with E-state index in [0.717, 1.165) is 24.0 Å². The summed E-state index contributed by atoms with van der Waals surface area (Å²) in [6.07, 6.45) is 9.35. The van der Waals surface area contributed by atoms with Gasteiger partial charge < -0.3 is 14.2 Å². The van der Waals surface area contributed by atoms with Gasteiger partial charge in [-0.15, -0.1) is 5.11 Å². The van der Waals surface area contributed by atoms with Gasteiger partial charge in [-0.2, -0.15) is 5.11 Å². The van der Waals surface area contributed by atoms with Gasteiger partial charge in [-0.25, -0.2) is 4.39 Å². The molecule has 3 aliphatic heterocycles. The molecular weight excluding hydrogens is 444 g/mol. The molecule has 2 fully saturated rings. The molecule has 33 heavy (non-hydrogen) atoms. The molecule has 2 atom stereocenters. The lowest BCUT2D eigenvalue weighted by molar-refractivity contribution is -0.140. The molecule has 4 aliphatic rings. The molecule has 5 rings (SSSR count). The van der Waals surface area contributed by atoms with E-state index in [1.165, 1.54) is 6.07 Å². The van der Waals surface area contributed by atoms with E-state index < -0.39 is 25.0 Å². The number of carbonyl (C=O) groups excluding carboxylic acids is 2. The molecular formula is C24H25FN3O4P. The summed E-state index contributed by atoms with van der Waals surface area (Å²) in [6, 6.07) is 4.66. The first kappa shape index (κ1) is 22.1. The van der Waals surface area contributed by atoms with Crippen LogP contribution < -0.4 is 5.30 Å². The van der Waals surface area contributed by atoms with E-state index in [9.17, 15) is 18.5 Å². The van der Waals surface area contributed by atoms with Crippen LogP contribution in [0, 0.1) is 11.7 Å². The molecule has 1 aromatic carbocycles. The summed E-state index contributed by atoms with van der Waals surface area (Å²) in [6.45, 7) is 1.27. The van der Waals surface area contributed by atoms with E-state index in [2.05, 4.69) is 10.2 Å². The molecule has 0 spiro atoms. The lowest BCUT2D eigenvalue weighted by Gasteiger charge is -2.34. The minimum atomic E-state index is -2.99. The molecule has 1 aliphatic carbocycles. The highest BCUT2D eigenvalue weighted by molar-refractivity contribution is 7.71. The number of rotatable bonds is 4. The molecule has 3 heterocycles. The van der Waals surface area contributed by atoms with Crippen molar-refractivity contribution in [1.29, 1.82) is 0 Å². The number of nitrogens with zero attached hydrogens (tertiary/aromatic N) is 3. The van der Waals surface area contributed by atoms with Crippen LogP contribution in [0.25, 0.3) is 0 Å². The molecule has 0 radical (unpaired) electrons. The number of hydrogen-bond acceptors (Lipinski definition) is 5. The minimum absolute atomic E-state index is 0.0530. The lowest BCUT2D eigenvalue weighted by Crippen LogP contribution is -2.45.